The first-order chi connectivity index (χ1) is 16.2. The molecule has 0 unspecified atom stereocenters. The average Bonchev–Trinajstić information content (AvgIpc) is 2.78. The number of hydrogen-bond acceptors (Lipinski definition) is 7. The van der Waals surface area contributed by atoms with Crippen LogP contribution in [0.1, 0.15) is 22.5 Å². The summed E-state index contributed by atoms with van der Waals surface area (Å²) in [5, 5.41) is 5.52. The molecule has 2 aromatic carbocycles. The van der Waals surface area contributed by atoms with Gasteiger partial charge in [0.25, 0.3) is 5.91 Å². The van der Waals surface area contributed by atoms with Crippen molar-refractivity contribution in [2.45, 2.75) is 25.6 Å². The fourth-order valence-corrected chi connectivity index (χ4v) is 4.48. The molecule has 34 heavy (non-hydrogen) atoms. The Balaban J connectivity index is 1.59. The summed E-state index contributed by atoms with van der Waals surface area (Å²) in [6, 6.07) is 10.7. The summed E-state index contributed by atoms with van der Waals surface area (Å²) < 4.78 is 12.1. The largest absolute Gasteiger partial charge is 0.493 e. The van der Waals surface area contributed by atoms with Gasteiger partial charge >= 0.3 is 0 Å². The quantitative estimate of drug-likeness (QED) is 0.144. The molecule has 178 valence electrons. The van der Waals surface area contributed by atoms with Crippen LogP contribution in [-0.4, -0.2) is 35.0 Å². The van der Waals surface area contributed by atoms with E-state index in [2.05, 4.69) is 36.4 Å². The first-order valence-electron chi connectivity index (χ1n) is 9.96. The van der Waals surface area contributed by atoms with E-state index in [1.807, 2.05) is 26.0 Å². The van der Waals surface area contributed by atoms with Crippen LogP contribution < -0.4 is 14.9 Å². The number of nitrogens with zero attached hydrogens (tertiary/aromatic N) is 3. The van der Waals surface area contributed by atoms with E-state index in [1.165, 1.54) is 18.0 Å². The molecule has 3 rings (SSSR count). The molecule has 0 bridgehead atoms. The Morgan fingerprint density at radius 3 is 2.56 bits per heavy atom. The second-order valence-electron chi connectivity index (χ2n) is 7.09. The van der Waals surface area contributed by atoms with Gasteiger partial charge in [-0.1, -0.05) is 41.0 Å². The highest BCUT2D eigenvalue weighted by Crippen LogP contribution is 2.37. The summed E-state index contributed by atoms with van der Waals surface area (Å²) in [4.78, 5) is 20.7. The molecule has 7 nitrogen and oxygen atoms in total. The lowest BCUT2D eigenvalue weighted by atomic mass is 10.2. The number of rotatable bonds is 9. The molecule has 0 aliphatic heterocycles. The SMILES string of the molecule is COc1cc(/C=N\NC(=O)CSc2nc(C)cc(C)n2)cc(Br)c1OCc1ccc(Cl)c(Cl)c1. The summed E-state index contributed by atoms with van der Waals surface area (Å²) in [5.74, 6) is 0.912. The predicted octanol–water partition coefficient (Wildman–Crippen LogP) is 5.99. The molecule has 1 N–H and O–H groups in total. The van der Waals surface area contributed by atoms with Crippen LogP contribution >= 0.6 is 50.9 Å². The Labute approximate surface area is 220 Å². The third-order valence-electron chi connectivity index (χ3n) is 4.32. The Bertz CT molecular complexity index is 1210. The van der Waals surface area contributed by atoms with Crippen molar-refractivity contribution in [2.75, 3.05) is 12.9 Å². The molecule has 1 amide bonds. The van der Waals surface area contributed by atoms with E-state index >= 15 is 0 Å². The van der Waals surface area contributed by atoms with Gasteiger partial charge in [-0.15, -0.1) is 0 Å². The maximum absolute atomic E-state index is 12.1. The number of benzene rings is 2. The molecule has 3 aromatic rings. The highest BCUT2D eigenvalue weighted by molar-refractivity contribution is 9.10. The number of hydrazone groups is 1. The summed E-state index contributed by atoms with van der Waals surface area (Å²) in [6.07, 6.45) is 1.52. The van der Waals surface area contributed by atoms with Crippen molar-refractivity contribution in [1.82, 2.24) is 15.4 Å². The Morgan fingerprint density at radius 2 is 1.88 bits per heavy atom. The fourth-order valence-electron chi connectivity index (χ4n) is 2.84. The smallest absolute Gasteiger partial charge is 0.250 e. The van der Waals surface area contributed by atoms with E-state index in [-0.39, 0.29) is 18.3 Å². The van der Waals surface area contributed by atoms with Crippen LogP contribution in [0.2, 0.25) is 10.0 Å². The number of hydrogen-bond donors (Lipinski definition) is 1. The molecule has 0 atom stereocenters. The Morgan fingerprint density at radius 1 is 1.15 bits per heavy atom. The second kappa shape index (κ2) is 12.4. The molecular weight excluding hydrogens is 563 g/mol. The van der Waals surface area contributed by atoms with Crippen molar-refractivity contribution in [3.8, 4) is 11.5 Å². The molecule has 0 fully saturated rings. The lowest BCUT2D eigenvalue weighted by Crippen LogP contribution is -2.19. The van der Waals surface area contributed by atoms with Crippen molar-refractivity contribution in [2.24, 2.45) is 5.10 Å². The summed E-state index contributed by atoms with van der Waals surface area (Å²) in [5.41, 5.74) is 5.79. The number of methoxy groups -OCH3 is 1. The van der Waals surface area contributed by atoms with Crippen molar-refractivity contribution in [1.29, 1.82) is 0 Å². The lowest BCUT2D eigenvalue weighted by Gasteiger charge is -2.14. The third-order valence-corrected chi connectivity index (χ3v) is 6.49. The summed E-state index contributed by atoms with van der Waals surface area (Å²) >= 11 is 16.8. The van der Waals surface area contributed by atoms with Gasteiger partial charge in [-0.25, -0.2) is 15.4 Å². The second-order valence-corrected chi connectivity index (χ2v) is 9.70. The Kier molecular flexibility index (Phi) is 9.58. The number of amides is 1. The minimum atomic E-state index is -0.267. The number of ether oxygens (including phenoxy) is 2. The number of thioether (sulfide) groups is 1. The van der Waals surface area contributed by atoms with Crippen LogP contribution in [0.4, 0.5) is 0 Å². The lowest BCUT2D eigenvalue weighted by molar-refractivity contribution is -0.118. The van der Waals surface area contributed by atoms with Gasteiger partial charge in [0, 0.05) is 11.4 Å². The van der Waals surface area contributed by atoms with Crippen molar-refractivity contribution >= 4 is 63.0 Å². The van der Waals surface area contributed by atoms with Gasteiger partial charge in [0.2, 0.25) is 0 Å². The van der Waals surface area contributed by atoms with Crippen LogP contribution in [0.15, 0.2) is 51.1 Å². The molecule has 0 aliphatic carbocycles. The first-order valence-corrected chi connectivity index (χ1v) is 12.5. The standard InChI is InChI=1S/C23H21BrCl2N4O3S/c1-13-6-14(2)29-23(28-13)34-12-21(31)30-27-10-16-7-17(24)22(20(9-16)32-3)33-11-15-4-5-18(25)19(26)8-15/h4-10H,11-12H2,1-3H3,(H,30,31)/b27-10-. The minimum Gasteiger partial charge on any atom is -0.493 e. The van der Waals surface area contributed by atoms with Crippen LogP contribution in [0.3, 0.4) is 0 Å². The molecule has 0 aliphatic rings. The topological polar surface area (TPSA) is 85.7 Å². The summed E-state index contributed by atoms with van der Waals surface area (Å²) in [7, 11) is 1.54. The van der Waals surface area contributed by atoms with Gasteiger partial charge in [0.1, 0.15) is 6.61 Å². The molecule has 0 saturated heterocycles. The highest BCUT2D eigenvalue weighted by atomic mass is 79.9. The van der Waals surface area contributed by atoms with E-state index in [9.17, 15) is 4.79 Å². The maximum Gasteiger partial charge on any atom is 0.250 e. The van der Waals surface area contributed by atoms with Crippen LogP contribution in [0, 0.1) is 13.8 Å². The zero-order valence-electron chi connectivity index (χ0n) is 18.6. The Hall–Kier alpha value is -2.33. The number of carbonyl (C=O) groups is 1. The maximum atomic E-state index is 12.1. The molecule has 0 spiro atoms. The van der Waals surface area contributed by atoms with Crippen molar-refractivity contribution in [3.63, 3.8) is 0 Å². The average molecular weight is 584 g/mol. The van der Waals surface area contributed by atoms with Crippen molar-refractivity contribution in [3.05, 3.63) is 73.4 Å². The van der Waals surface area contributed by atoms with E-state index in [0.29, 0.717) is 36.7 Å². The van der Waals surface area contributed by atoms with Crippen LogP contribution in [0.25, 0.3) is 0 Å². The number of nitrogens with one attached hydrogen (secondary N) is 1. The zero-order chi connectivity index (χ0) is 24.7. The van der Waals surface area contributed by atoms with Gasteiger partial charge in [0.05, 0.1) is 33.6 Å². The van der Waals surface area contributed by atoms with E-state index in [0.717, 1.165) is 17.0 Å². The van der Waals surface area contributed by atoms with Gasteiger partial charge in [-0.05, 0) is 71.2 Å². The number of aryl methyl sites for hydroxylation is 2. The highest BCUT2D eigenvalue weighted by Gasteiger charge is 2.12. The number of halogens is 3. The zero-order valence-corrected chi connectivity index (χ0v) is 22.5. The van der Waals surface area contributed by atoms with Crippen LogP contribution in [0.5, 0.6) is 11.5 Å². The molecular formula is C23H21BrCl2N4O3S. The fraction of sp³-hybridized carbons (Fsp3) is 0.217. The van der Waals surface area contributed by atoms with Gasteiger partial charge in [-0.2, -0.15) is 5.10 Å². The van der Waals surface area contributed by atoms with E-state index in [1.54, 1.807) is 31.4 Å². The number of aromatic nitrogens is 2. The molecule has 0 saturated carbocycles. The third kappa shape index (κ3) is 7.59. The summed E-state index contributed by atoms with van der Waals surface area (Å²) in [6.45, 7) is 4.05. The van der Waals surface area contributed by atoms with Gasteiger partial charge in [-0.3, -0.25) is 4.79 Å². The van der Waals surface area contributed by atoms with E-state index < -0.39 is 0 Å². The normalized spacial score (nSPS) is 11.0. The van der Waals surface area contributed by atoms with Gasteiger partial charge < -0.3 is 9.47 Å². The molecule has 1 aromatic heterocycles. The van der Waals surface area contributed by atoms with E-state index in [4.69, 9.17) is 32.7 Å². The first kappa shape index (κ1) is 26.3. The van der Waals surface area contributed by atoms with Crippen LogP contribution in [-0.2, 0) is 11.4 Å². The molecule has 11 heteroatoms. The monoisotopic (exact) mass is 582 g/mol. The molecule has 0 radical (unpaired) electrons. The van der Waals surface area contributed by atoms with Crippen molar-refractivity contribution < 1.29 is 14.3 Å². The number of carbonyl (C=O) groups excluding carboxylic acids is 1. The minimum absolute atomic E-state index is 0.148. The predicted molar refractivity (Wildman–Crippen MR) is 139 cm³/mol. The molecule has 1 heterocycles. The van der Waals surface area contributed by atoms with Gasteiger partial charge in [0.15, 0.2) is 16.7 Å².